The molecule has 0 bridgehead atoms. The van der Waals surface area contributed by atoms with Gasteiger partial charge in [-0.2, -0.15) is 0 Å². The van der Waals surface area contributed by atoms with E-state index in [0.29, 0.717) is 5.25 Å². The Hall–Kier alpha value is -1.73. The van der Waals surface area contributed by atoms with Crippen LogP contribution in [0.2, 0.25) is 0 Å². The minimum absolute atomic E-state index is 0.184. The highest BCUT2D eigenvalue weighted by Crippen LogP contribution is 2.33. The summed E-state index contributed by atoms with van der Waals surface area (Å²) in [6.07, 6.45) is 1.72. The van der Waals surface area contributed by atoms with Crippen molar-refractivity contribution in [1.82, 2.24) is 19.4 Å². The molecule has 1 atom stereocenters. The zero-order chi connectivity index (χ0) is 23.7. The fourth-order valence-electron chi connectivity index (χ4n) is 3.90. The average molecular weight is 461 g/mol. The highest BCUT2D eigenvalue weighted by molar-refractivity contribution is 8.00. The van der Waals surface area contributed by atoms with E-state index in [9.17, 15) is 4.79 Å². The predicted molar refractivity (Wildman–Crippen MR) is 134 cm³/mol. The number of hydrogen-bond acceptors (Lipinski definition) is 5. The number of benzene rings is 1. The van der Waals surface area contributed by atoms with Gasteiger partial charge < -0.3 is 19.1 Å². The normalized spacial score (nSPS) is 17.5. The third-order valence-corrected chi connectivity index (χ3v) is 6.60. The van der Waals surface area contributed by atoms with Crippen LogP contribution in [0.15, 0.2) is 23.1 Å². The van der Waals surface area contributed by atoms with Gasteiger partial charge in [0.2, 0.25) is 0 Å². The number of rotatable bonds is 6. The standard InChI is InChI=1S/C25H40N4O2S/c1-24(2,3)16-22-26-20-15-18(9-10-21(20)29(22)14-13-27(7)8)32-19-11-12-28(17-19)23(30)31-25(4,5)6/h9-10,15,19H,11-14,16-17H2,1-8H3/t19-/m1/s1. The van der Waals surface area contributed by atoms with E-state index in [4.69, 9.17) is 9.72 Å². The van der Waals surface area contributed by atoms with Crippen LogP contribution in [0.3, 0.4) is 0 Å². The molecule has 1 aromatic heterocycles. The number of fused-ring (bicyclic) bond motifs is 1. The van der Waals surface area contributed by atoms with Crippen molar-refractivity contribution in [2.24, 2.45) is 5.41 Å². The minimum atomic E-state index is -0.455. The van der Waals surface area contributed by atoms with E-state index in [1.807, 2.05) is 37.4 Å². The second-order valence-electron chi connectivity index (χ2n) is 11.3. The average Bonchev–Trinajstić information content (AvgIpc) is 3.21. The fraction of sp³-hybridized carbons (Fsp3) is 0.680. The first-order valence-corrected chi connectivity index (χ1v) is 12.5. The summed E-state index contributed by atoms with van der Waals surface area (Å²) in [4.78, 5) is 22.7. The highest BCUT2D eigenvalue weighted by atomic mass is 32.2. The molecule has 1 aromatic carbocycles. The zero-order valence-corrected chi connectivity index (χ0v) is 21.9. The van der Waals surface area contributed by atoms with E-state index in [1.54, 1.807) is 0 Å². The lowest BCUT2D eigenvalue weighted by atomic mass is 9.92. The van der Waals surface area contributed by atoms with E-state index in [2.05, 4.69) is 62.5 Å². The summed E-state index contributed by atoms with van der Waals surface area (Å²) >= 11 is 1.84. The number of aromatic nitrogens is 2. The van der Waals surface area contributed by atoms with E-state index in [0.717, 1.165) is 50.4 Å². The largest absolute Gasteiger partial charge is 0.444 e. The van der Waals surface area contributed by atoms with Crippen LogP contribution in [0.25, 0.3) is 11.0 Å². The zero-order valence-electron chi connectivity index (χ0n) is 21.1. The summed E-state index contributed by atoms with van der Waals surface area (Å²) < 4.78 is 7.92. The van der Waals surface area contributed by atoms with Gasteiger partial charge in [0, 0.05) is 42.7 Å². The van der Waals surface area contributed by atoms with Crippen LogP contribution in [-0.2, 0) is 17.7 Å². The molecule has 6 nitrogen and oxygen atoms in total. The molecule has 0 saturated carbocycles. The Morgan fingerprint density at radius 1 is 1.22 bits per heavy atom. The van der Waals surface area contributed by atoms with Gasteiger partial charge in [0.1, 0.15) is 11.4 Å². The summed E-state index contributed by atoms with van der Waals surface area (Å²) in [6.45, 7) is 15.9. The van der Waals surface area contributed by atoms with Gasteiger partial charge in [-0.25, -0.2) is 9.78 Å². The van der Waals surface area contributed by atoms with Crippen LogP contribution < -0.4 is 0 Å². The van der Waals surface area contributed by atoms with Crippen LogP contribution in [0, 0.1) is 5.41 Å². The summed E-state index contributed by atoms with van der Waals surface area (Å²) in [5.41, 5.74) is 2.00. The Kier molecular flexibility index (Phi) is 7.50. The minimum Gasteiger partial charge on any atom is -0.444 e. The van der Waals surface area contributed by atoms with Crippen molar-refractivity contribution in [3.63, 3.8) is 0 Å². The molecular formula is C25H40N4O2S. The van der Waals surface area contributed by atoms with Crippen molar-refractivity contribution in [2.75, 3.05) is 33.7 Å². The number of imidazole rings is 1. The smallest absolute Gasteiger partial charge is 0.410 e. The third kappa shape index (κ3) is 6.88. The highest BCUT2D eigenvalue weighted by Gasteiger charge is 2.30. The van der Waals surface area contributed by atoms with Crippen molar-refractivity contribution in [3.8, 4) is 0 Å². The number of amides is 1. The second kappa shape index (κ2) is 9.64. The molecule has 7 heteroatoms. The molecule has 0 aliphatic carbocycles. The molecule has 0 unspecified atom stereocenters. The maximum atomic E-state index is 12.4. The number of likely N-dealkylation sites (tertiary alicyclic amines) is 1. The summed E-state index contributed by atoms with van der Waals surface area (Å²) in [5.74, 6) is 1.16. The number of carbonyl (C=O) groups is 1. The molecular weight excluding hydrogens is 420 g/mol. The van der Waals surface area contributed by atoms with Gasteiger partial charge in [-0.15, -0.1) is 11.8 Å². The van der Waals surface area contributed by atoms with Crippen molar-refractivity contribution >= 4 is 28.9 Å². The first kappa shape index (κ1) is 24.9. The lowest BCUT2D eigenvalue weighted by Crippen LogP contribution is -2.35. The molecule has 1 saturated heterocycles. The Labute approximate surface area is 197 Å². The second-order valence-corrected chi connectivity index (χ2v) is 12.7. The van der Waals surface area contributed by atoms with Crippen molar-refractivity contribution in [3.05, 3.63) is 24.0 Å². The summed E-state index contributed by atoms with van der Waals surface area (Å²) in [7, 11) is 4.22. The monoisotopic (exact) mass is 460 g/mol. The summed E-state index contributed by atoms with van der Waals surface area (Å²) in [6, 6.07) is 6.64. The van der Waals surface area contributed by atoms with Gasteiger partial charge >= 0.3 is 6.09 Å². The first-order chi connectivity index (χ1) is 14.8. The molecule has 0 spiro atoms. The van der Waals surface area contributed by atoms with E-state index >= 15 is 0 Å². The Morgan fingerprint density at radius 2 is 1.94 bits per heavy atom. The van der Waals surface area contributed by atoms with Gasteiger partial charge in [-0.3, -0.25) is 0 Å². The number of ether oxygens (including phenoxy) is 1. The molecule has 0 radical (unpaired) electrons. The SMILES string of the molecule is CN(C)CCn1c(CC(C)(C)C)nc2cc(S[C@@H]3CCN(C(=O)OC(C)(C)C)C3)ccc21. The Bertz CT molecular complexity index is 940. The van der Waals surface area contributed by atoms with E-state index < -0.39 is 5.60 Å². The predicted octanol–water partition coefficient (Wildman–Crippen LogP) is 5.29. The van der Waals surface area contributed by atoms with Crippen LogP contribution in [0.5, 0.6) is 0 Å². The molecule has 3 rings (SSSR count). The van der Waals surface area contributed by atoms with Gasteiger partial charge in [0.25, 0.3) is 0 Å². The topological polar surface area (TPSA) is 50.6 Å². The molecule has 1 amide bonds. The van der Waals surface area contributed by atoms with Crippen LogP contribution in [-0.4, -0.2) is 70.0 Å². The molecule has 0 N–H and O–H groups in total. The molecule has 1 fully saturated rings. The van der Waals surface area contributed by atoms with Gasteiger partial charge in [-0.1, -0.05) is 20.8 Å². The third-order valence-electron chi connectivity index (χ3n) is 5.36. The summed E-state index contributed by atoms with van der Waals surface area (Å²) in [5, 5.41) is 0.379. The van der Waals surface area contributed by atoms with E-state index in [1.165, 1.54) is 10.4 Å². The van der Waals surface area contributed by atoms with Gasteiger partial charge in [0.15, 0.2) is 0 Å². The van der Waals surface area contributed by atoms with Crippen LogP contribution in [0.4, 0.5) is 4.79 Å². The van der Waals surface area contributed by atoms with Crippen LogP contribution in [0.1, 0.15) is 53.8 Å². The molecule has 2 heterocycles. The number of hydrogen-bond donors (Lipinski definition) is 0. The molecule has 178 valence electrons. The first-order valence-electron chi connectivity index (χ1n) is 11.6. The van der Waals surface area contributed by atoms with Crippen molar-refractivity contribution in [1.29, 1.82) is 0 Å². The van der Waals surface area contributed by atoms with Crippen molar-refractivity contribution < 1.29 is 9.53 Å². The lowest BCUT2D eigenvalue weighted by Gasteiger charge is -2.24. The number of carbonyl (C=O) groups excluding carboxylic acids is 1. The maximum absolute atomic E-state index is 12.4. The quantitative estimate of drug-likeness (QED) is 0.586. The number of likely N-dealkylation sites (N-methyl/N-ethyl adjacent to an activating group) is 1. The van der Waals surface area contributed by atoms with Crippen LogP contribution >= 0.6 is 11.8 Å². The fourth-order valence-corrected chi connectivity index (χ4v) is 5.09. The number of thioether (sulfide) groups is 1. The molecule has 1 aliphatic rings. The lowest BCUT2D eigenvalue weighted by molar-refractivity contribution is 0.0295. The Morgan fingerprint density at radius 3 is 2.56 bits per heavy atom. The van der Waals surface area contributed by atoms with Gasteiger partial charge in [0.05, 0.1) is 11.0 Å². The number of nitrogens with zero attached hydrogens (tertiary/aromatic N) is 4. The van der Waals surface area contributed by atoms with Crippen molar-refractivity contribution in [2.45, 2.75) is 76.7 Å². The van der Waals surface area contributed by atoms with Gasteiger partial charge in [-0.05, 0) is 64.9 Å². The molecule has 1 aliphatic heterocycles. The van der Waals surface area contributed by atoms with E-state index in [-0.39, 0.29) is 11.5 Å². The molecule has 32 heavy (non-hydrogen) atoms. The maximum Gasteiger partial charge on any atom is 0.410 e. The Balaban J connectivity index is 1.74. The molecule has 2 aromatic rings.